The van der Waals surface area contributed by atoms with E-state index in [9.17, 15) is 0 Å². The van der Waals surface area contributed by atoms with Crippen LogP contribution in [0.15, 0.2) is 53.6 Å². The minimum Gasteiger partial charge on any atom is -0.494 e. The third-order valence-electron chi connectivity index (χ3n) is 2.86. The van der Waals surface area contributed by atoms with Gasteiger partial charge in [-0.25, -0.2) is 4.98 Å². The molecule has 0 amide bonds. The molecule has 3 aromatic rings. The van der Waals surface area contributed by atoms with Crippen LogP contribution in [0.3, 0.4) is 0 Å². The monoisotopic (exact) mass is 297 g/mol. The van der Waals surface area contributed by atoms with E-state index < -0.39 is 0 Å². The molecule has 0 aliphatic heterocycles. The molecule has 0 saturated carbocycles. The Balaban J connectivity index is 1.66. The van der Waals surface area contributed by atoms with Gasteiger partial charge < -0.3 is 4.74 Å². The van der Waals surface area contributed by atoms with Crippen LogP contribution >= 0.6 is 11.3 Å². The first-order chi connectivity index (χ1) is 10.3. The first-order valence-corrected chi connectivity index (χ1v) is 7.54. The fourth-order valence-corrected chi connectivity index (χ4v) is 2.71. The minimum atomic E-state index is 0.673. The molecule has 5 heteroatoms. The topological polar surface area (TPSA) is 46.5 Å². The maximum Gasteiger partial charge on any atom is 0.204 e. The fourth-order valence-electron chi connectivity index (χ4n) is 1.90. The van der Waals surface area contributed by atoms with Crippen molar-refractivity contribution in [2.24, 2.45) is 5.10 Å². The summed E-state index contributed by atoms with van der Waals surface area (Å²) in [6, 6.07) is 15.8. The number of nitrogens with one attached hydrogen (secondary N) is 1. The summed E-state index contributed by atoms with van der Waals surface area (Å²) in [6.07, 6.45) is 1.77. The van der Waals surface area contributed by atoms with E-state index in [1.54, 1.807) is 17.6 Å². The zero-order chi connectivity index (χ0) is 14.5. The lowest BCUT2D eigenvalue weighted by atomic mass is 10.2. The van der Waals surface area contributed by atoms with E-state index in [0.29, 0.717) is 6.61 Å². The number of anilines is 1. The van der Waals surface area contributed by atoms with Crippen LogP contribution < -0.4 is 10.2 Å². The Morgan fingerprint density at radius 1 is 1.19 bits per heavy atom. The molecule has 4 nitrogen and oxygen atoms in total. The molecule has 0 aliphatic rings. The highest BCUT2D eigenvalue weighted by Gasteiger charge is 2.00. The number of thiazole rings is 1. The standard InChI is InChI=1S/C16H15N3OS/c1-2-20-13-9-7-12(8-10-13)11-17-19-16-18-14-5-3-4-6-15(14)21-16/h3-11H,2H2,1H3,(H,18,19)/b17-11-. The number of rotatable bonds is 5. The Kier molecular flexibility index (Phi) is 4.12. The van der Waals surface area contributed by atoms with E-state index in [0.717, 1.165) is 26.7 Å². The Morgan fingerprint density at radius 2 is 2.00 bits per heavy atom. The number of hydrogen-bond donors (Lipinski definition) is 1. The van der Waals surface area contributed by atoms with Crippen LogP contribution in [0.25, 0.3) is 10.2 Å². The second kappa shape index (κ2) is 6.37. The van der Waals surface area contributed by atoms with Gasteiger partial charge in [0.05, 0.1) is 23.0 Å². The van der Waals surface area contributed by atoms with Crippen LogP contribution in [0, 0.1) is 0 Å². The molecule has 0 radical (unpaired) electrons. The molecule has 0 unspecified atom stereocenters. The predicted molar refractivity (Wildman–Crippen MR) is 88.4 cm³/mol. The summed E-state index contributed by atoms with van der Waals surface area (Å²) < 4.78 is 6.55. The van der Waals surface area contributed by atoms with Gasteiger partial charge >= 0.3 is 0 Å². The lowest BCUT2D eigenvalue weighted by Crippen LogP contribution is -1.92. The van der Waals surface area contributed by atoms with E-state index in [-0.39, 0.29) is 0 Å². The van der Waals surface area contributed by atoms with Gasteiger partial charge in [0, 0.05) is 0 Å². The number of aromatic nitrogens is 1. The summed E-state index contributed by atoms with van der Waals surface area (Å²) in [6.45, 7) is 2.64. The number of benzene rings is 2. The van der Waals surface area contributed by atoms with Gasteiger partial charge in [0.15, 0.2) is 0 Å². The van der Waals surface area contributed by atoms with E-state index in [2.05, 4.69) is 15.5 Å². The largest absolute Gasteiger partial charge is 0.494 e. The van der Waals surface area contributed by atoms with Gasteiger partial charge in [-0.1, -0.05) is 23.5 Å². The average Bonchev–Trinajstić information content (AvgIpc) is 2.92. The highest BCUT2D eigenvalue weighted by atomic mass is 32.1. The van der Waals surface area contributed by atoms with Gasteiger partial charge in [-0.3, -0.25) is 5.43 Å². The fraction of sp³-hybridized carbons (Fsp3) is 0.125. The summed E-state index contributed by atoms with van der Waals surface area (Å²) in [5.41, 5.74) is 4.96. The zero-order valence-corrected chi connectivity index (χ0v) is 12.4. The van der Waals surface area contributed by atoms with Crippen molar-refractivity contribution in [3.05, 3.63) is 54.1 Å². The smallest absolute Gasteiger partial charge is 0.204 e. The normalized spacial score (nSPS) is 11.1. The zero-order valence-electron chi connectivity index (χ0n) is 11.6. The van der Waals surface area contributed by atoms with Crippen molar-refractivity contribution < 1.29 is 4.74 Å². The van der Waals surface area contributed by atoms with Crippen molar-refractivity contribution in [1.82, 2.24) is 4.98 Å². The lowest BCUT2D eigenvalue weighted by molar-refractivity contribution is 0.340. The van der Waals surface area contributed by atoms with Crippen LogP contribution in [0.5, 0.6) is 5.75 Å². The molecule has 106 valence electrons. The molecule has 0 bridgehead atoms. The second-order valence-corrected chi connectivity index (χ2v) is 5.39. The van der Waals surface area contributed by atoms with Crippen molar-refractivity contribution in [3.8, 4) is 5.75 Å². The van der Waals surface area contributed by atoms with E-state index in [4.69, 9.17) is 4.74 Å². The second-order valence-electron chi connectivity index (χ2n) is 4.36. The summed E-state index contributed by atoms with van der Waals surface area (Å²) in [5.74, 6) is 0.869. The molecular formula is C16H15N3OS. The van der Waals surface area contributed by atoms with Gasteiger partial charge in [-0.05, 0) is 48.9 Å². The van der Waals surface area contributed by atoms with Crippen molar-refractivity contribution in [3.63, 3.8) is 0 Å². The van der Waals surface area contributed by atoms with Gasteiger partial charge in [0.2, 0.25) is 5.13 Å². The number of hydrazone groups is 1. The number of nitrogens with zero attached hydrogens (tertiary/aromatic N) is 2. The lowest BCUT2D eigenvalue weighted by Gasteiger charge is -2.01. The molecule has 1 N–H and O–H groups in total. The highest BCUT2D eigenvalue weighted by molar-refractivity contribution is 7.22. The van der Waals surface area contributed by atoms with Gasteiger partial charge in [0.25, 0.3) is 0 Å². The number of para-hydroxylation sites is 1. The Morgan fingerprint density at radius 3 is 2.76 bits per heavy atom. The Labute approximate surface area is 127 Å². The number of hydrogen-bond acceptors (Lipinski definition) is 5. The first-order valence-electron chi connectivity index (χ1n) is 6.72. The Bertz CT molecular complexity index is 717. The van der Waals surface area contributed by atoms with E-state index >= 15 is 0 Å². The highest BCUT2D eigenvalue weighted by Crippen LogP contribution is 2.25. The molecule has 21 heavy (non-hydrogen) atoms. The molecule has 0 fully saturated rings. The number of ether oxygens (including phenoxy) is 1. The molecule has 0 saturated heterocycles. The molecule has 0 aliphatic carbocycles. The first kappa shape index (κ1) is 13.6. The molecule has 1 aromatic heterocycles. The van der Waals surface area contributed by atoms with Gasteiger partial charge in [-0.2, -0.15) is 5.10 Å². The maximum atomic E-state index is 5.40. The quantitative estimate of drug-likeness (QED) is 0.568. The van der Waals surface area contributed by atoms with Crippen molar-refractivity contribution in [1.29, 1.82) is 0 Å². The van der Waals surface area contributed by atoms with Crippen LogP contribution in [-0.2, 0) is 0 Å². The van der Waals surface area contributed by atoms with Gasteiger partial charge in [0.1, 0.15) is 5.75 Å². The van der Waals surface area contributed by atoms with Crippen molar-refractivity contribution in [2.75, 3.05) is 12.0 Å². The average molecular weight is 297 g/mol. The van der Waals surface area contributed by atoms with Gasteiger partial charge in [-0.15, -0.1) is 0 Å². The molecular weight excluding hydrogens is 282 g/mol. The Hall–Kier alpha value is -2.40. The van der Waals surface area contributed by atoms with E-state index in [1.807, 2.05) is 55.5 Å². The SMILES string of the molecule is CCOc1ccc(/C=N\Nc2nc3ccccc3s2)cc1. The molecule has 0 atom stereocenters. The summed E-state index contributed by atoms with van der Waals surface area (Å²) >= 11 is 1.59. The van der Waals surface area contributed by atoms with Crippen LogP contribution in [0.2, 0.25) is 0 Å². The summed E-state index contributed by atoms with van der Waals surface area (Å²) in [4.78, 5) is 4.46. The molecule has 1 heterocycles. The summed E-state index contributed by atoms with van der Waals surface area (Å²) in [7, 11) is 0. The number of fused-ring (bicyclic) bond motifs is 1. The van der Waals surface area contributed by atoms with E-state index in [1.165, 1.54) is 0 Å². The molecule has 0 spiro atoms. The third kappa shape index (κ3) is 3.38. The molecule has 2 aromatic carbocycles. The maximum absolute atomic E-state index is 5.40. The van der Waals surface area contributed by atoms with Crippen LogP contribution in [0.4, 0.5) is 5.13 Å². The van der Waals surface area contributed by atoms with Crippen molar-refractivity contribution >= 4 is 32.9 Å². The summed E-state index contributed by atoms with van der Waals surface area (Å²) in [5, 5.41) is 5.01. The predicted octanol–water partition coefficient (Wildman–Crippen LogP) is 4.14. The van der Waals surface area contributed by atoms with Crippen molar-refractivity contribution in [2.45, 2.75) is 6.92 Å². The van der Waals surface area contributed by atoms with Crippen LogP contribution in [-0.4, -0.2) is 17.8 Å². The van der Waals surface area contributed by atoms with Crippen LogP contribution in [0.1, 0.15) is 12.5 Å². The minimum absolute atomic E-state index is 0.673. The third-order valence-corrected chi connectivity index (χ3v) is 3.80. The molecule has 3 rings (SSSR count).